The number of hydrogen-bond acceptors (Lipinski definition) is 6. The molecule has 0 aliphatic rings. The van der Waals surface area contributed by atoms with Crippen LogP contribution in [0.4, 0.5) is 5.69 Å². The molecule has 31 heavy (non-hydrogen) atoms. The monoisotopic (exact) mass is 424 g/mol. The SMILES string of the molecule is Cc1cccc(C)c1NC(=O)CNC(=O)C(C)OC(=O)c1ccc(Cn2cccn2)o1. The first-order chi connectivity index (χ1) is 14.8. The van der Waals surface area contributed by atoms with Crippen LogP contribution in [-0.4, -0.2) is 40.2 Å². The summed E-state index contributed by atoms with van der Waals surface area (Å²) in [5.41, 5.74) is 2.56. The number of para-hydroxylation sites is 1. The number of carbonyl (C=O) groups excluding carboxylic acids is 3. The van der Waals surface area contributed by atoms with Gasteiger partial charge < -0.3 is 19.8 Å². The third kappa shape index (κ3) is 5.81. The molecule has 162 valence electrons. The number of aryl methyl sites for hydroxylation is 2. The quantitative estimate of drug-likeness (QED) is 0.537. The van der Waals surface area contributed by atoms with E-state index in [4.69, 9.17) is 9.15 Å². The van der Waals surface area contributed by atoms with Crippen LogP contribution in [0.5, 0.6) is 0 Å². The van der Waals surface area contributed by atoms with Crippen LogP contribution in [0.2, 0.25) is 0 Å². The summed E-state index contributed by atoms with van der Waals surface area (Å²) < 4.78 is 12.2. The van der Waals surface area contributed by atoms with Crippen molar-refractivity contribution >= 4 is 23.5 Å². The standard InChI is InChI=1S/C22H24N4O5/c1-14-6-4-7-15(2)20(14)25-19(27)12-23-21(28)16(3)30-22(29)18-9-8-17(31-18)13-26-11-5-10-24-26/h4-11,16H,12-13H2,1-3H3,(H,23,28)(H,25,27). The van der Waals surface area contributed by atoms with Gasteiger partial charge in [-0.3, -0.25) is 14.3 Å². The van der Waals surface area contributed by atoms with Crippen LogP contribution in [0.15, 0.2) is 53.2 Å². The number of rotatable bonds is 8. The lowest BCUT2D eigenvalue weighted by atomic mass is 10.1. The molecule has 2 amide bonds. The Labute approximate surface area is 179 Å². The molecule has 9 nitrogen and oxygen atoms in total. The lowest BCUT2D eigenvalue weighted by molar-refractivity contribution is -0.130. The van der Waals surface area contributed by atoms with E-state index >= 15 is 0 Å². The van der Waals surface area contributed by atoms with Gasteiger partial charge in [-0.05, 0) is 50.1 Å². The van der Waals surface area contributed by atoms with Crippen molar-refractivity contribution in [1.29, 1.82) is 0 Å². The maximum Gasteiger partial charge on any atom is 0.375 e. The van der Waals surface area contributed by atoms with Gasteiger partial charge in [0.15, 0.2) is 6.10 Å². The molecule has 1 aromatic carbocycles. The molecule has 0 saturated carbocycles. The molecule has 0 aliphatic heterocycles. The van der Waals surface area contributed by atoms with Gasteiger partial charge in [-0.15, -0.1) is 0 Å². The Bertz CT molecular complexity index is 1050. The molecule has 3 rings (SSSR count). The van der Waals surface area contributed by atoms with E-state index in [9.17, 15) is 14.4 Å². The van der Waals surface area contributed by atoms with Crippen molar-refractivity contribution in [2.45, 2.75) is 33.4 Å². The molecule has 2 heterocycles. The number of ether oxygens (including phenoxy) is 1. The van der Waals surface area contributed by atoms with Gasteiger partial charge >= 0.3 is 5.97 Å². The number of nitrogens with one attached hydrogen (secondary N) is 2. The number of benzene rings is 1. The van der Waals surface area contributed by atoms with E-state index in [2.05, 4.69) is 15.7 Å². The molecule has 0 saturated heterocycles. The second-order valence-electron chi connectivity index (χ2n) is 7.05. The van der Waals surface area contributed by atoms with E-state index < -0.39 is 18.0 Å². The largest absolute Gasteiger partial charge is 0.452 e. The van der Waals surface area contributed by atoms with Crippen molar-refractivity contribution in [3.63, 3.8) is 0 Å². The van der Waals surface area contributed by atoms with Crippen LogP contribution in [0, 0.1) is 13.8 Å². The number of carbonyl (C=O) groups is 3. The zero-order chi connectivity index (χ0) is 22.4. The van der Waals surface area contributed by atoms with E-state index in [1.165, 1.54) is 13.0 Å². The topological polar surface area (TPSA) is 115 Å². The summed E-state index contributed by atoms with van der Waals surface area (Å²) in [6.45, 7) is 5.31. The lowest BCUT2D eigenvalue weighted by Crippen LogP contribution is -2.40. The molecule has 0 bridgehead atoms. The Morgan fingerprint density at radius 3 is 2.55 bits per heavy atom. The average Bonchev–Trinajstić information content (AvgIpc) is 3.41. The molecular formula is C22H24N4O5. The number of anilines is 1. The molecule has 1 unspecified atom stereocenters. The fraction of sp³-hybridized carbons (Fsp3) is 0.273. The van der Waals surface area contributed by atoms with Gasteiger partial charge in [-0.2, -0.15) is 5.10 Å². The summed E-state index contributed by atoms with van der Waals surface area (Å²) in [5, 5.41) is 9.30. The molecule has 3 aromatic rings. The zero-order valence-electron chi connectivity index (χ0n) is 17.5. The second-order valence-corrected chi connectivity index (χ2v) is 7.05. The van der Waals surface area contributed by atoms with Crippen LogP contribution in [0.3, 0.4) is 0 Å². The van der Waals surface area contributed by atoms with Gasteiger partial charge in [0.05, 0.1) is 13.1 Å². The first-order valence-corrected chi connectivity index (χ1v) is 9.74. The molecule has 0 aliphatic carbocycles. The van der Waals surface area contributed by atoms with Gasteiger partial charge in [-0.1, -0.05) is 18.2 Å². The molecular weight excluding hydrogens is 400 g/mol. The van der Waals surface area contributed by atoms with Crippen LogP contribution < -0.4 is 10.6 Å². The van der Waals surface area contributed by atoms with E-state index in [1.807, 2.05) is 32.0 Å². The highest BCUT2D eigenvalue weighted by Gasteiger charge is 2.22. The summed E-state index contributed by atoms with van der Waals surface area (Å²) in [4.78, 5) is 36.6. The van der Waals surface area contributed by atoms with Crippen molar-refractivity contribution < 1.29 is 23.5 Å². The highest BCUT2D eigenvalue weighted by Crippen LogP contribution is 2.19. The Hall–Kier alpha value is -3.88. The summed E-state index contributed by atoms with van der Waals surface area (Å²) in [7, 11) is 0. The number of hydrogen-bond donors (Lipinski definition) is 2. The number of furan rings is 1. The smallest absolute Gasteiger partial charge is 0.375 e. The molecule has 2 N–H and O–H groups in total. The maximum atomic E-state index is 12.2. The second kappa shape index (κ2) is 9.75. The number of nitrogens with zero attached hydrogens (tertiary/aromatic N) is 2. The Balaban J connectivity index is 1.47. The van der Waals surface area contributed by atoms with Gasteiger partial charge in [0.25, 0.3) is 5.91 Å². The number of aromatic nitrogens is 2. The maximum absolute atomic E-state index is 12.2. The summed E-state index contributed by atoms with van der Waals surface area (Å²) in [5.74, 6) is -1.23. The van der Waals surface area contributed by atoms with Crippen molar-refractivity contribution in [1.82, 2.24) is 15.1 Å². The van der Waals surface area contributed by atoms with Crippen LogP contribution in [0.25, 0.3) is 0 Å². The average molecular weight is 424 g/mol. The fourth-order valence-electron chi connectivity index (χ4n) is 2.90. The third-order valence-corrected chi connectivity index (χ3v) is 4.56. The molecule has 0 radical (unpaired) electrons. The van der Waals surface area contributed by atoms with Gasteiger partial charge in [0, 0.05) is 18.1 Å². The Morgan fingerprint density at radius 2 is 1.87 bits per heavy atom. The van der Waals surface area contributed by atoms with Gasteiger partial charge in [-0.25, -0.2) is 4.79 Å². The number of amides is 2. The van der Waals surface area contributed by atoms with E-state index in [0.717, 1.165) is 11.1 Å². The first-order valence-electron chi connectivity index (χ1n) is 9.74. The molecule has 2 aromatic heterocycles. The molecule has 0 spiro atoms. The highest BCUT2D eigenvalue weighted by atomic mass is 16.6. The highest BCUT2D eigenvalue weighted by molar-refractivity contribution is 5.96. The van der Waals surface area contributed by atoms with Crippen molar-refractivity contribution in [3.8, 4) is 0 Å². The van der Waals surface area contributed by atoms with Gasteiger partial charge in [0.1, 0.15) is 5.76 Å². The van der Waals surface area contributed by atoms with Crippen molar-refractivity contribution in [3.05, 3.63) is 71.4 Å². The minimum absolute atomic E-state index is 0.0189. The van der Waals surface area contributed by atoms with E-state index in [1.54, 1.807) is 29.2 Å². The Kier molecular flexibility index (Phi) is 6.86. The van der Waals surface area contributed by atoms with E-state index in [0.29, 0.717) is 18.0 Å². The summed E-state index contributed by atoms with van der Waals surface area (Å²) >= 11 is 0. The fourth-order valence-corrected chi connectivity index (χ4v) is 2.90. The lowest BCUT2D eigenvalue weighted by Gasteiger charge is -2.14. The number of esters is 1. The third-order valence-electron chi connectivity index (χ3n) is 4.56. The normalized spacial score (nSPS) is 11.6. The summed E-state index contributed by atoms with van der Waals surface area (Å²) in [6.07, 6.45) is 2.31. The Morgan fingerprint density at radius 1 is 1.13 bits per heavy atom. The minimum atomic E-state index is -1.10. The molecule has 1 atom stereocenters. The summed E-state index contributed by atoms with van der Waals surface area (Å²) in [6, 6.07) is 10.6. The first kappa shape index (κ1) is 21.8. The molecule has 9 heteroatoms. The zero-order valence-corrected chi connectivity index (χ0v) is 17.5. The van der Waals surface area contributed by atoms with Crippen LogP contribution in [0.1, 0.15) is 34.4 Å². The van der Waals surface area contributed by atoms with Crippen molar-refractivity contribution in [2.75, 3.05) is 11.9 Å². The van der Waals surface area contributed by atoms with E-state index in [-0.39, 0.29) is 18.2 Å². The van der Waals surface area contributed by atoms with Gasteiger partial charge in [0.2, 0.25) is 11.7 Å². The predicted octanol–water partition coefficient (Wildman–Crippen LogP) is 2.44. The van der Waals surface area contributed by atoms with Crippen LogP contribution >= 0.6 is 0 Å². The van der Waals surface area contributed by atoms with Crippen molar-refractivity contribution in [2.24, 2.45) is 0 Å². The minimum Gasteiger partial charge on any atom is -0.452 e. The molecule has 0 fully saturated rings. The van der Waals surface area contributed by atoms with Crippen LogP contribution in [-0.2, 0) is 20.9 Å². The predicted molar refractivity (Wildman–Crippen MR) is 112 cm³/mol.